The third kappa shape index (κ3) is 19.0. The van der Waals surface area contributed by atoms with E-state index in [-0.39, 0.29) is 28.5 Å². The van der Waals surface area contributed by atoms with Crippen LogP contribution in [-0.4, -0.2) is 103 Å². The molecule has 0 aromatic carbocycles. The lowest BCUT2D eigenvalue weighted by atomic mass is 9.74. The molecule has 0 aliphatic carbocycles. The lowest BCUT2D eigenvalue weighted by molar-refractivity contribution is -0.130. The summed E-state index contributed by atoms with van der Waals surface area (Å²) in [7, 11) is 0. The van der Waals surface area contributed by atoms with Gasteiger partial charge in [-0.2, -0.15) is 0 Å². The molecule has 0 radical (unpaired) electrons. The average Bonchev–Trinajstić information content (AvgIpc) is 3.69. The predicted octanol–water partition coefficient (Wildman–Crippen LogP) is 13.0. The molecule has 0 amide bonds. The van der Waals surface area contributed by atoms with Crippen LogP contribution in [0.3, 0.4) is 0 Å². The summed E-state index contributed by atoms with van der Waals surface area (Å²) in [5.74, 6) is 0.871. The topological polar surface area (TPSA) is 70.4 Å². The zero-order valence-corrected chi connectivity index (χ0v) is 42.9. The van der Waals surface area contributed by atoms with E-state index in [1.807, 2.05) is 104 Å². The molecule has 54 heavy (non-hydrogen) atoms. The molecule has 3 atom stereocenters. The standard InChI is InChI=1S/C13H27NO.C12H25NO.C11H23NO.6C2H6/c1-11(2)13(5,15)12(3,4)14-9-7-6-8-10-14;1-10(2)12(5,14)11(3,4)13-8-6-7-9-13;1-9(2)11(5,13)10(3,4)12-7-6-8-12;6*1-2/h11,15H,6-10H2,1-5H3;10,14H,6-9H2,1-5H3;9,13H,6-8H2,1-5H3;6*1-2H3. The Hall–Kier alpha value is -0.240. The lowest BCUT2D eigenvalue weighted by Gasteiger charge is -2.53. The van der Waals surface area contributed by atoms with E-state index in [4.69, 9.17) is 0 Å². The Balaban J connectivity index is -0.000000140. The maximum Gasteiger partial charge on any atom is 0.0819 e. The molecule has 0 bridgehead atoms. The van der Waals surface area contributed by atoms with E-state index in [2.05, 4.69) is 97.8 Å². The van der Waals surface area contributed by atoms with Crippen LogP contribution >= 0.6 is 0 Å². The second-order valence-electron chi connectivity index (χ2n) is 16.7. The summed E-state index contributed by atoms with van der Waals surface area (Å²) in [5.41, 5.74) is -2.17. The molecule has 3 N–H and O–H groups in total. The molecule has 0 aromatic heterocycles. The van der Waals surface area contributed by atoms with Crippen LogP contribution < -0.4 is 0 Å². The number of aliphatic hydroxyl groups is 3. The highest BCUT2D eigenvalue weighted by Crippen LogP contribution is 2.38. The minimum absolute atomic E-state index is 0.0978. The normalized spacial score (nSPS) is 19.5. The summed E-state index contributed by atoms with van der Waals surface area (Å²) >= 11 is 0. The fraction of sp³-hybridized carbons (Fsp3) is 1.00. The van der Waals surface area contributed by atoms with Crippen molar-refractivity contribution in [2.24, 2.45) is 17.8 Å². The largest absolute Gasteiger partial charge is 0.388 e. The summed E-state index contributed by atoms with van der Waals surface area (Å²) in [6, 6.07) is 0. The molecule has 3 saturated heterocycles. The Labute approximate surface area is 345 Å². The maximum atomic E-state index is 10.6. The highest BCUT2D eigenvalue weighted by Gasteiger charge is 2.48. The van der Waals surface area contributed by atoms with E-state index in [0.717, 1.165) is 39.3 Å². The van der Waals surface area contributed by atoms with Crippen LogP contribution in [0.4, 0.5) is 0 Å². The molecule has 0 aromatic rings. The lowest BCUT2D eigenvalue weighted by Crippen LogP contribution is -2.65. The minimum Gasteiger partial charge on any atom is -0.388 e. The fourth-order valence-corrected chi connectivity index (χ4v) is 6.68. The predicted molar refractivity (Wildman–Crippen MR) is 249 cm³/mol. The Morgan fingerprint density at radius 2 is 0.444 bits per heavy atom. The van der Waals surface area contributed by atoms with Crippen LogP contribution in [0.1, 0.15) is 225 Å². The van der Waals surface area contributed by atoms with Gasteiger partial charge < -0.3 is 15.3 Å². The van der Waals surface area contributed by atoms with E-state index >= 15 is 0 Å². The van der Waals surface area contributed by atoms with Crippen LogP contribution in [0.15, 0.2) is 0 Å². The van der Waals surface area contributed by atoms with Crippen LogP contribution in [0.5, 0.6) is 0 Å². The van der Waals surface area contributed by atoms with Gasteiger partial charge in [-0.1, -0.05) is 131 Å². The van der Waals surface area contributed by atoms with Crippen LogP contribution in [-0.2, 0) is 0 Å². The van der Waals surface area contributed by atoms with Crippen LogP contribution in [0.25, 0.3) is 0 Å². The summed E-state index contributed by atoms with van der Waals surface area (Å²) < 4.78 is 0. The van der Waals surface area contributed by atoms with Crippen molar-refractivity contribution in [3.05, 3.63) is 0 Å². The third-order valence-corrected chi connectivity index (χ3v) is 12.8. The molecular formula is C48H111N3O3. The van der Waals surface area contributed by atoms with Crippen molar-refractivity contribution in [2.45, 2.75) is 259 Å². The molecule has 3 aliphatic heterocycles. The van der Waals surface area contributed by atoms with Gasteiger partial charge in [0.05, 0.1) is 16.8 Å². The maximum absolute atomic E-state index is 10.6. The first-order valence-electron chi connectivity index (χ1n) is 23.3. The van der Waals surface area contributed by atoms with Gasteiger partial charge in [-0.3, -0.25) is 14.7 Å². The van der Waals surface area contributed by atoms with Gasteiger partial charge in [-0.15, -0.1) is 0 Å². The number of piperidine rings is 1. The fourth-order valence-electron chi connectivity index (χ4n) is 6.68. The molecule has 3 fully saturated rings. The van der Waals surface area contributed by atoms with Crippen molar-refractivity contribution in [3.8, 4) is 0 Å². The quantitative estimate of drug-likeness (QED) is 0.217. The first-order chi connectivity index (χ1) is 24.9. The summed E-state index contributed by atoms with van der Waals surface area (Å²) in [6.07, 6.45) is 7.72. The van der Waals surface area contributed by atoms with Gasteiger partial charge in [0, 0.05) is 29.7 Å². The summed E-state index contributed by atoms with van der Waals surface area (Å²) in [5, 5.41) is 31.6. The number of likely N-dealkylation sites (tertiary alicyclic amines) is 3. The first kappa shape index (κ1) is 65.6. The molecule has 336 valence electrons. The Morgan fingerprint density at radius 3 is 0.574 bits per heavy atom. The number of hydrogen-bond acceptors (Lipinski definition) is 6. The molecule has 3 unspecified atom stereocenters. The molecule has 0 spiro atoms. The smallest absolute Gasteiger partial charge is 0.0819 e. The van der Waals surface area contributed by atoms with Gasteiger partial charge in [0.15, 0.2) is 0 Å². The van der Waals surface area contributed by atoms with Crippen molar-refractivity contribution >= 4 is 0 Å². The second kappa shape index (κ2) is 32.7. The van der Waals surface area contributed by atoms with E-state index in [9.17, 15) is 15.3 Å². The van der Waals surface area contributed by atoms with Crippen molar-refractivity contribution in [2.75, 3.05) is 39.3 Å². The molecule has 6 nitrogen and oxygen atoms in total. The first-order valence-corrected chi connectivity index (χ1v) is 23.3. The van der Waals surface area contributed by atoms with Crippen LogP contribution in [0, 0.1) is 17.8 Å². The van der Waals surface area contributed by atoms with Gasteiger partial charge in [0.2, 0.25) is 0 Å². The number of rotatable bonds is 9. The summed E-state index contributed by atoms with van der Waals surface area (Å²) in [6.45, 7) is 62.3. The monoisotopic (exact) mass is 778 g/mol. The molecule has 3 aliphatic rings. The highest BCUT2D eigenvalue weighted by molar-refractivity contribution is 5.03. The molecule has 3 rings (SSSR count). The van der Waals surface area contributed by atoms with Crippen molar-refractivity contribution in [1.29, 1.82) is 0 Å². The van der Waals surface area contributed by atoms with Gasteiger partial charge in [0.25, 0.3) is 0 Å². The minimum atomic E-state index is -0.621. The average molecular weight is 778 g/mol. The van der Waals surface area contributed by atoms with Gasteiger partial charge in [0.1, 0.15) is 0 Å². The van der Waals surface area contributed by atoms with E-state index < -0.39 is 16.8 Å². The third-order valence-electron chi connectivity index (χ3n) is 12.8. The Morgan fingerprint density at radius 1 is 0.296 bits per heavy atom. The summed E-state index contributed by atoms with van der Waals surface area (Å²) in [4.78, 5) is 7.25. The molecular weight excluding hydrogens is 667 g/mol. The Bertz CT molecular complexity index is 785. The molecule has 6 heteroatoms. The zero-order valence-electron chi connectivity index (χ0n) is 42.9. The van der Waals surface area contributed by atoms with Crippen LogP contribution in [0.2, 0.25) is 0 Å². The SMILES string of the molecule is CC.CC.CC.CC.CC.CC.CC(C)C(C)(O)C(C)(C)N1CCC1.CC(C)C(C)(O)C(C)(C)N1CCCC1.CC(C)C(C)(O)C(C)(C)N1CCCCC1. The Kier molecular flexibility index (Phi) is 39.7. The van der Waals surface area contributed by atoms with Crippen molar-refractivity contribution in [1.82, 2.24) is 14.7 Å². The van der Waals surface area contributed by atoms with Crippen molar-refractivity contribution < 1.29 is 15.3 Å². The van der Waals surface area contributed by atoms with E-state index in [1.165, 1.54) is 38.5 Å². The van der Waals surface area contributed by atoms with Gasteiger partial charge in [-0.25, -0.2) is 0 Å². The van der Waals surface area contributed by atoms with E-state index in [0.29, 0.717) is 5.92 Å². The van der Waals surface area contributed by atoms with E-state index in [1.54, 1.807) is 0 Å². The number of nitrogens with zero attached hydrogens (tertiary/aromatic N) is 3. The van der Waals surface area contributed by atoms with Gasteiger partial charge >= 0.3 is 0 Å². The van der Waals surface area contributed by atoms with Gasteiger partial charge in [-0.05, 0) is 138 Å². The molecule has 3 heterocycles. The van der Waals surface area contributed by atoms with Crippen molar-refractivity contribution in [3.63, 3.8) is 0 Å². The second-order valence-corrected chi connectivity index (χ2v) is 16.7. The highest BCUT2D eigenvalue weighted by atomic mass is 16.3. The zero-order chi connectivity index (χ0) is 44.9. The molecule has 0 saturated carbocycles. The number of hydrogen-bond donors (Lipinski definition) is 3.